The highest BCUT2D eigenvalue weighted by atomic mass is 32.2. The quantitative estimate of drug-likeness (QED) is 0.259. The number of carbonyl (C=O) groups is 2. The summed E-state index contributed by atoms with van der Waals surface area (Å²) >= 11 is 2.31. The van der Waals surface area contributed by atoms with Crippen LogP contribution in [0.15, 0.2) is 62.1 Å². The molecule has 0 atom stereocenters. The number of anilines is 1. The van der Waals surface area contributed by atoms with Gasteiger partial charge in [-0.2, -0.15) is 0 Å². The molecule has 4 rings (SSSR count). The number of furan rings is 1. The zero-order chi connectivity index (χ0) is 23.2. The molecule has 4 aromatic rings. The molecule has 0 unspecified atom stereocenters. The summed E-state index contributed by atoms with van der Waals surface area (Å²) in [5.74, 6) is 0.723. The third kappa shape index (κ3) is 5.26. The molecule has 1 aromatic carbocycles. The smallest absolute Gasteiger partial charge is 0.341 e. The van der Waals surface area contributed by atoms with Gasteiger partial charge in [0, 0.05) is 16.5 Å². The van der Waals surface area contributed by atoms with Crippen LogP contribution in [0.3, 0.4) is 0 Å². The van der Waals surface area contributed by atoms with Crippen molar-refractivity contribution in [3.63, 3.8) is 0 Å². The van der Waals surface area contributed by atoms with Crippen LogP contribution in [0, 0.1) is 0 Å². The van der Waals surface area contributed by atoms with Crippen LogP contribution in [0.4, 0.5) is 5.00 Å². The molecule has 1 amide bonds. The minimum absolute atomic E-state index is 0.0144. The number of amides is 1. The van der Waals surface area contributed by atoms with E-state index in [0.717, 1.165) is 23.1 Å². The predicted octanol–water partition coefficient (Wildman–Crippen LogP) is 4.97. The van der Waals surface area contributed by atoms with Gasteiger partial charge in [-0.25, -0.2) is 4.79 Å². The lowest BCUT2D eigenvalue weighted by Gasteiger charge is -2.07. The van der Waals surface area contributed by atoms with Gasteiger partial charge in [-0.1, -0.05) is 11.8 Å². The highest BCUT2D eigenvalue weighted by Gasteiger charge is 2.24. The molecule has 0 saturated carbocycles. The number of nitrogens with one attached hydrogen (secondary N) is 1. The Bertz CT molecular complexity index is 1230. The zero-order valence-corrected chi connectivity index (χ0v) is 19.3. The lowest BCUT2D eigenvalue weighted by atomic mass is 10.1. The van der Waals surface area contributed by atoms with E-state index in [1.165, 1.54) is 17.6 Å². The van der Waals surface area contributed by atoms with E-state index in [-0.39, 0.29) is 29.1 Å². The Hall–Kier alpha value is -3.57. The van der Waals surface area contributed by atoms with E-state index in [4.69, 9.17) is 18.3 Å². The summed E-state index contributed by atoms with van der Waals surface area (Å²) in [5, 5.41) is 13.1. The van der Waals surface area contributed by atoms with Crippen LogP contribution >= 0.6 is 23.1 Å². The maximum absolute atomic E-state index is 12.6. The Morgan fingerprint density at radius 2 is 2.00 bits per heavy atom. The first-order valence-corrected chi connectivity index (χ1v) is 11.7. The van der Waals surface area contributed by atoms with Crippen LogP contribution in [0.2, 0.25) is 0 Å². The molecule has 3 aromatic heterocycles. The Balaban J connectivity index is 1.42. The fourth-order valence-electron chi connectivity index (χ4n) is 2.88. The predicted molar refractivity (Wildman–Crippen MR) is 124 cm³/mol. The number of ether oxygens (including phenoxy) is 2. The highest BCUT2D eigenvalue weighted by Crippen LogP contribution is 2.36. The second-order valence-corrected chi connectivity index (χ2v) is 8.30. The van der Waals surface area contributed by atoms with Crippen molar-refractivity contribution in [2.45, 2.75) is 12.1 Å². The first-order chi connectivity index (χ1) is 16.1. The summed E-state index contributed by atoms with van der Waals surface area (Å²) in [6.45, 7) is 1.93. The van der Waals surface area contributed by atoms with Gasteiger partial charge in [-0.05, 0) is 43.3 Å². The molecule has 1 N–H and O–H groups in total. The summed E-state index contributed by atoms with van der Waals surface area (Å²) in [4.78, 5) is 25.1. The second kappa shape index (κ2) is 10.4. The Labute approximate surface area is 197 Å². The van der Waals surface area contributed by atoms with E-state index in [2.05, 4.69) is 15.5 Å². The van der Waals surface area contributed by atoms with Gasteiger partial charge in [0.1, 0.15) is 22.1 Å². The van der Waals surface area contributed by atoms with E-state index >= 15 is 0 Å². The summed E-state index contributed by atoms with van der Waals surface area (Å²) in [6.07, 6.45) is 1.52. The second-order valence-electron chi connectivity index (χ2n) is 6.49. The Morgan fingerprint density at radius 3 is 2.70 bits per heavy atom. The van der Waals surface area contributed by atoms with Crippen molar-refractivity contribution >= 4 is 40.0 Å². The number of thioether (sulfide) groups is 1. The highest BCUT2D eigenvalue weighted by molar-refractivity contribution is 7.99. The van der Waals surface area contributed by atoms with Gasteiger partial charge in [-0.15, -0.1) is 21.5 Å². The number of esters is 1. The van der Waals surface area contributed by atoms with Crippen molar-refractivity contribution in [1.82, 2.24) is 10.2 Å². The van der Waals surface area contributed by atoms with Gasteiger partial charge in [0.05, 0.1) is 25.7 Å². The molecule has 0 aliphatic heterocycles. The molecule has 9 nitrogen and oxygen atoms in total. The average Bonchev–Trinajstić information content (AvgIpc) is 3.58. The third-order valence-corrected chi connectivity index (χ3v) is 6.09. The maximum Gasteiger partial charge on any atom is 0.341 e. The van der Waals surface area contributed by atoms with Crippen molar-refractivity contribution in [3.8, 4) is 28.5 Å². The van der Waals surface area contributed by atoms with Crippen molar-refractivity contribution in [2.75, 3.05) is 24.8 Å². The minimum atomic E-state index is -0.533. The van der Waals surface area contributed by atoms with E-state index in [1.807, 2.05) is 0 Å². The third-order valence-electron chi connectivity index (χ3n) is 4.38. The van der Waals surface area contributed by atoms with Crippen molar-refractivity contribution < 1.29 is 27.9 Å². The number of aromatic nitrogens is 2. The molecule has 33 heavy (non-hydrogen) atoms. The van der Waals surface area contributed by atoms with E-state index in [0.29, 0.717) is 22.2 Å². The molecule has 0 bridgehead atoms. The van der Waals surface area contributed by atoms with Crippen LogP contribution < -0.4 is 10.1 Å². The van der Waals surface area contributed by atoms with Crippen LogP contribution in [0.1, 0.15) is 17.3 Å². The summed E-state index contributed by atoms with van der Waals surface area (Å²) < 4.78 is 21.3. The molecular formula is C22H19N3O6S2. The number of carbonyl (C=O) groups excluding carboxylic acids is 2. The number of hydrogen-bond acceptors (Lipinski definition) is 10. The van der Waals surface area contributed by atoms with Crippen LogP contribution in [-0.2, 0) is 9.53 Å². The summed E-state index contributed by atoms with van der Waals surface area (Å²) in [7, 11) is 1.59. The average molecular weight is 486 g/mol. The van der Waals surface area contributed by atoms with E-state index < -0.39 is 5.97 Å². The molecular weight excluding hydrogens is 466 g/mol. The Kier molecular flexibility index (Phi) is 7.10. The largest absolute Gasteiger partial charge is 0.497 e. The van der Waals surface area contributed by atoms with E-state index in [1.54, 1.807) is 55.8 Å². The van der Waals surface area contributed by atoms with Crippen LogP contribution in [-0.4, -0.2) is 41.5 Å². The molecule has 0 aliphatic carbocycles. The zero-order valence-electron chi connectivity index (χ0n) is 17.7. The number of hydrogen-bond donors (Lipinski definition) is 1. The van der Waals surface area contributed by atoms with Crippen LogP contribution in [0.25, 0.3) is 22.8 Å². The number of nitrogens with zero attached hydrogens (tertiary/aromatic N) is 2. The SMILES string of the molecule is CCOC(=O)c1c(-c2ccco2)csc1NC(=O)CSc1nnc(-c2ccc(OC)cc2)o1. The maximum atomic E-state index is 12.6. The first-order valence-electron chi connectivity index (χ1n) is 9.82. The number of thiophene rings is 1. The summed E-state index contributed by atoms with van der Waals surface area (Å²) in [6, 6.07) is 10.6. The van der Waals surface area contributed by atoms with Gasteiger partial charge >= 0.3 is 5.97 Å². The molecule has 3 heterocycles. The minimum Gasteiger partial charge on any atom is -0.497 e. The van der Waals surface area contributed by atoms with E-state index in [9.17, 15) is 9.59 Å². The molecule has 0 saturated heterocycles. The van der Waals surface area contributed by atoms with Crippen molar-refractivity contribution in [3.05, 3.63) is 53.6 Å². The van der Waals surface area contributed by atoms with Crippen LogP contribution in [0.5, 0.6) is 5.75 Å². The molecule has 0 fully saturated rings. The first kappa shape index (κ1) is 22.6. The van der Waals surface area contributed by atoms with Gasteiger partial charge in [0.15, 0.2) is 0 Å². The number of methoxy groups -OCH3 is 1. The van der Waals surface area contributed by atoms with Crippen molar-refractivity contribution in [1.29, 1.82) is 0 Å². The van der Waals surface area contributed by atoms with Gasteiger partial charge in [0.2, 0.25) is 11.8 Å². The normalized spacial score (nSPS) is 10.7. The lowest BCUT2D eigenvalue weighted by Crippen LogP contribution is -2.16. The Morgan fingerprint density at radius 1 is 1.18 bits per heavy atom. The molecule has 170 valence electrons. The molecule has 0 aliphatic rings. The van der Waals surface area contributed by atoms with Gasteiger partial charge in [-0.3, -0.25) is 4.79 Å². The fourth-order valence-corrected chi connectivity index (χ4v) is 4.39. The molecule has 0 radical (unpaired) electrons. The van der Waals surface area contributed by atoms with Gasteiger partial charge in [0.25, 0.3) is 5.22 Å². The monoisotopic (exact) mass is 485 g/mol. The molecule has 0 spiro atoms. The number of rotatable bonds is 9. The fraction of sp³-hybridized carbons (Fsp3) is 0.182. The number of benzene rings is 1. The summed E-state index contributed by atoms with van der Waals surface area (Å²) in [5.41, 5.74) is 1.56. The topological polar surface area (TPSA) is 117 Å². The molecule has 11 heteroatoms. The van der Waals surface area contributed by atoms with Gasteiger partial charge < -0.3 is 23.6 Å². The standard InChI is InChI=1S/C22H19N3O6S2/c1-3-29-21(27)18-15(16-5-4-10-30-16)11-32-20(18)23-17(26)12-33-22-25-24-19(31-22)13-6-8-14(28-2)9-7-13/h4-11H,3,12H2,1-2H3,(H,23,26). The lowest BCUT2D eigenvalue weighted by molar-refractivity contribution is -0.113. The van der Waals surface area contributed by atoms with Crippen molar-refractivity contribution in [2.24, 2.45) is 0 Å².